The second-order valence-electron chi connectivity index (χ2n) is 5.85. The number of pyridine rings is 1. The van der Waals surface area contributed by atoms with Crippen LogP contribution in [0, 0.1) is 10.1 Å². The molecule has 0 aliphatic rings. The maximum Gasteiger partial charge on any atom is 0.331 e. The molecule has 2 aromatic heterocycles. The van der Waals surface area contributed by atoms with E-state index in [4.69, 9.17) is 9.47 Å². The van der Waals surface area contributed by atoms with E-state index in [0.29, 0.717) is 22.6 Å². The number of anilines is 1. The molecule has 0 spiro atoms. The number of aryl methyl sites for hydroxylation is 1. The number of methoxy groups -OCH3 is 2. The first-order valence-electron chi connectivity index (χ1n) is 7.86. The van der Waals surface area contributed by atoms with E-state index in [1.165, 1.54) is 31.2 Å². The molecule has 1 N–H and O–H groups in total. The summed E-state index contributed by atoms with van der Waals surface area (Å²) in [6.07, 6.45) is 1.51. The molecule has 0 saturated carbocycles. The fourth-order valence-electron chi connectivity index (χ4n) is 2.46. The Bertz CT molecular complexity index is 831. The van der Waals surface area contributed by atoms with Crippen LogP contribution in [0.15, 0.2) is 12.3 Å². The Hall–Kier alpha value is -3.17. The topological polar surface area (TPSA) is 121 Å². The lowest BCUT2D eigenvalue weighted by atomic mass is 10.0. The largest absolute Gasteiger partial charge is 0.476 e. The number of carbonyl (C=O) groups excluding carboxylic acids is 1. The molecule has 2 heterocycles. The molecule has 0 fully saturated rings. The summed E-state index contributed by atoms with van der Waals surface area (Å²) in [5.74, 6) is -0.133. The molecule has 0 aliphatic heterocycles. The van der Waals surface area contributed by atoms with Gasteiger partial charge in [-0.05, 0) is 13.8 Å². The third-order valence-corrected chi connectivity index (χ3v) is 3.68. The van der Waals surface area contributed by atoms with Gasteiger partial charge >= 0.3 is 11.7 Å². The Morgan fingerprint density at radius 2 is 2.08 bits per heavy atom. The molecule has 0 saturated heterocycles. The summed E-state index contributed by atoms with van der Waals surface area (Å²) in [6, 6.07) is 1.39. The maximum absolute atomic E-state index is 11.7. The van der Waals surface area contributed by atoms with Crippen molar-refractivity contribution < 1.29 is 19.2 Å². The standard InChI is InChI=1S/C16H21N5O5/c1-9(2)18-15-10(6-13(21(23)24)16(19-15)26-5)11-8-17-20(3)12(11)7-14(22)25-4/h6,8-9H,7H2,1-5H3,(H,18,19). The summed E-state index contributed by atoms with van der Waals surface area (Å²) in [7, 11) is 4.30. The predicted octanol–water partition coefficient (Wildman–Crippen LogP) is 1.93. The Morgan fingerprint density at radius 3 is 2.62 bits per heavy atom. The molecule has 0 atom stereocenters. The van der Waals surface area contributed by atoms with Gasteiger partial charge in [-0.2, -0.15) is 10.1 Å². The zero-order valence-electron chi connectivity index (χ0n) is 15.3. The first-order chi connectivity index (χ1) is 12.3. The Morgan fingerprint density at radius 1 is 1.38 bits per heavy atom. The number of ether oxygens (including phenoxy) is 2. The fraction of sp³-hybridized carbons (Fsp3) is 0.438. The van der Waals surface area contributed by atoms with Gasteiger partial charge < -0.3 is 14.8 Å². The Labute approximate surface area is 150 Å². The van der Waals surface area contributed by atoms with Gasteiger partial charge in [0.2, 0.25) is 0 Å². The Kier molecular flexibility index (Phi) is 5.75. The molecule has 0 aromatic carbocycles. The van der Waals surface area contributed by atoms with Gasteiger partial charge in [-0.1, -0.05) is 0 Å². The van der Waals surface area contributed by atoms with Crippen LogP contribution in [0.1, 0.15) is 19.5 Å². The van der Waals surface area contributed by atoms with Crippen LogP contribution in [0.3, 0.4) is 0 Å². The highest BCUT2D eigenvalue weighted by Crippen LogP contribution is 2.37. The first kappa shape index (κ1) is 19.2. The lowest BCUT2D eigenvalue weighted by Crippen LogP contribution is -2.14. The van der Waals surface area contributed by atoms with Crippen LogP contribution in [0.2, 0.25) is 0 Å². The minimum atomic E-state index is -0.565. The highest BCUT2D eigenvalue weighted by molar-refractivity contribution is 5.83. The van der Waals surface area contributed by atoms with E-state index in [2.05, 4.69) is 15.4 Å². The number of nitrogens with zero attached hydrogens (tertiary/aromatic N) is 4. The van der Waals surface area contributed by atoms with Crippen molar-refractivity contribution in [1.82, 2.24) is 14.8 Å². The molecule has 2 rings (SSSR count). The van der Waals surface area contributed by atoms with E-state index < -0.39 is 10.9 Å². The molecule has 10 nitrogen and oxygen atoms in total. The molecule has 26 heavy (non-hydrogen) atoms. The second-order valence-corrected chi connectivity index (χ2v) is 5.85. The summed E-state index contributed by atoms with van der Waals surface area (Å²) in [5, 5.41) is 18.7. The summed E-state index contributed by atoms with van der Waals surface area (Å²) in [4.78, 5) is 26.8. The van der Waals surface area contributed by atoms with Gasteiger partial charge in [-0.25, -0.2) is 0 Å². The third-order valence-electron chi connectivity index (χ3n) is 3.68. The number of nitro groups is 1. The van der Waals surface area contributed by atoms with Gasteiger partial charge in [-0.15, -0.1) is 0 Å². The van der Waals surface area contributed by atoms with Crippen molar-refractivity contribution in [2.75, 3.05) is 19.5 Å². The quantitative estimate of drug-likeness (QED) is 0.450. The van der Waals surface area contributed by atoms with Gasteiger partial charge in [-0.3, -0.25) is 19.6 Å². The number of aromatic nitrogens is 3. The number of rotatable bonds is 7. The summed E-state index contributed by atoms with van der Waals surface area (Å²) >= 11 is 0. The third kappa shape index (κ3) is 3.90. The van der Waals surface area contributed by atoms with Gasteiger partial charge in [0.05, 0.1) is 37.5 Å². The molecule has 10 heteroatoms. The maximum atomic E-state index is 11.7. The molecule has 2 aromatic rings. The van der Waals surface area contributed by atoms with Crippen molar-refractivity contribution in [1.29, 1.82) is 0 Å². The first-order valence-corrected chi connectivity index (χ1v) is 7.86. The summed E-state index contributed by atoms with van der Waals surface area (Å²) in [6.45, 7) is 3.83. The van der Waals surface area contributed by atoms with Crippen LogP contribution < -0.4 is 10.1 Å². The van der Waals surface area contributed by atoms with E-state index in [1.54, 1.807) is 7.05 Å². The lowest BCUT2D eigenvalue weighted by Gasteiger charge is -2.15. The Balaban J connectivity index is 2.69. The average molecular weight is 363 g/mol. The van der Waals surface area contributed by atoms with Crippen LogP contribution in [0.4, 0.5) is 11.5 Å². The molecular weight excluding hydrogens is 342 g/mol. The molecule has 0 unspecified atom stereocenters. The van der Waals surface area contributed by atoms with E-state index in [1.807, 2.05) is 13.8 Å². The average Bonchev–Trinajstić information content (AvgIpc) is 2.94. The van der Waals surface area contributed by atoms with E-state index in [0.717, 1.165) is 0 Å². The van der Waals surface area contributed by atoms with Crippen LogP contribution in [-0.2, 0) is 23.0 Å². The highest BCUT2D eigenvalue weighted by atomic mass is 16.6. The SMILES string of the molecule is COC(=O)Cc1c(-c2cc([N+](=O)[O-])c(OC)nc2NC(C)C)cnn1C. The van der Waals surface area contributed by atoms with Crippen molar-refractivity contribution in [2.24, 2.45) is 7.05 Å². The van der Waals surface area contributed by atoms with Gasteiger partial charge in [0, 0.05) is 30.3 Å². The molecule has 0 aliphatic carbocycles. The molecule has 0 bridgehead atoms. The minimum Gasteiger partial charge on any atom is -0.476 e. The van der Waals surface area contributed by atoms with E-state index in [-0.39, 0.29) is 24.0 Å². The number of hydrogen-bond acceptors (Lipinski definition) is 8. The second kappa shape index (κ2) is 7.81. The smallest absolute Gasteiger partial charge is 0.331 e. The molecule has 140 valence electrons. The number of esters is 1. The van der Waals surface area contributed by atoms with Crippen LogP contribution >= 0.6 is 0 Å². The van der Waals surface area contributed by atoms with E-state index >= 15 is 0 Å². The monoisotopic (exact) mass is 363 g/mol. The minimum absolute atomic E-state index is 0.0214. The van der Waals surface area contributed by atoms with Crippen molar-refractivity contribution in [2.45, 2.75) is 26.3 Å². The highest BCUT2D eigenvalue weighted by Gasteiger charge is 2.25. The van der Waals surface area contributed by atoms with Crippen molar-refractivity contribution in [3.63, 3.8) is 0 Å². The number of nitrogens with one attached hydrogen (secondary N) is 1. The molecule has 0 radical (unpaired) electrons. The molecule has 0 amide bonds. The number of hydrogen-bond donors (Lipinski definition) is 1. The normalized spacial score (nSPS) is 10.7. The van der Waals surface area contributed by atoms with Gasteiger partial charge in [0.1, 0.15) is 5.82 Å². The zero-order valence-corrected chi connectivity index (χ0v) is 15.3. The van der Waals surface area contributed by atoms with E-state index in [9.17, 15) is 14.9 Å². The fourth-order valence-corrected chi connectivity index (χ4v) is 2.46. The predicted molar refractivity (Wildman–Crippen MR) is 94.1 cm³/mol. The van der Waals surface area contributed by atoms with Crippen LogP contribution in [0.25, 0.3) is 11.1 Å². The van der Waals surface area contributed by atoms with Gasteiger partial charge in [0.25, 0.3) is 5.88 Å². The van der Waals surface area contributed by atoms with Crippen molar-refractivity contribution in [3.05, 3.63) is 28.1 Å². The van der Waals surface area contributed by atoms with Crippen LogP contribution in [-0.4, -0.2) is 45.9 Å². The van der Waals surface area contributed by atoms with Gasteiger partial charge in [0.15, 0.2) is 0 Å². The van der Waals surface area contributed by atoms with Crippen molar-refractivity contribution in [3.8, 4) is 17.0 Å². The summed E-state index contributed by atoms with van der Waals surface area (Å²) < 4.78 is 11.3. The summed E-state index contributed by atoms with van der Waals surface area (Å²) in [5.41, 5.74) is 1.30. The molecular formula is C16H21N5O5. The number of carbonyl (C=O) groups is 1. The van der Waals surface area contributed by atoms with Crippen molar-refractivity contribution >= 4 is 17.5 Å². The van der Waals surface area contributed by atoms with Crippen LogP contribution in [0.5, 0.6) is 5.88 Å². The lowest BCUT2D eigenvalue weighted by molar-refractivity contribution is -0.386. The zero-order chi connectivity index (χ0) is 19.4.